The minimum absolute atomic E-state index is 0.000139. The monoisotopic (exact) mass is 307 g/mol. The normalized spacial score (nSPS) is 12.2. The van der Waals surface area contributed by atoms with E-state index in [2.05, 4.69) is 5.32 Å². The van der Waals surface area contributed by atoms with Crippen molar-refractivity contribution < 1.29 is 9.13 Å². The van der Waals surface area contributed by atoms with Crippen LogP contribution in [0.1, 0.15) is 22.7 Å². The third-order valence-corrected chi connectivity index (χ3v) is 3.99. The fourth-order valence-corrected chi connectivity index (χ4v) is 2.60. The molecule has 1 unspecified atom stereocenters. The molecule has 2 rings (SSSR count). The second-order valence-electron chi connectivity index (χ2n) is 5.00. The highest BCUT2D eigenvalue weighted by atomic mass is 35.5. The molecule has 0 aliphatic rings. The number of hydrogen-bond acceptors (Lipinski definition) is 2. The maximum atomic E-state index is 13.6. The van der Waals surface area contributed by atoms with Gasteiger partial charge in [-0.1, -0.05) is 35.9 Å². The molecule has 0 aliphatic heterocycles. The summed E-state index contributed by atoms with van der Waals surface area (Å²) in [5.41, 5.74) is 2.94. The first-order valence-electron chi connectivity index (χ1n) is 6.81. The van der Waals surface area contributed by atoms with Crippen LogP contribution in [0.15, 0.2) is 36.4 Å². The van der Waals surface area contributed by atoms with Crippen molar-refractivity contribution in [1.82, 2.24) is 5.32 Å². The topological polar surface area (TPSA) is 21.3 Å². The molecule has 21 heavy (non-hydrogen) atoms. The fourth-order valence-electron chi connectivity index (χ4n) is 2.40. The van der Waals surface area contributed by atoms with Crippen LogP contribution in [0, 0.1) is 12.7 Å². The van der Waals surface area contributed by atoms with Crippen LogP contribution >= 0.6 is 11.6 Å². The number of aryl methyl sites for hydroxylation is 1. The molecule has 112 valence electrons. The van der Waals surface area contributed by atoms with E-state index in [0.29, 0.717) is 6.42 Å². The molecule has 0 saturated carbocycles. The Bertz CT molecular complexity index is 630. The summed E-state index contributed by atoms with van der Waals surface area (Å²) >= 11 is 6.05. The van der Waals surface area contributed by atoms with Gasteiger partial charge in [0.05, 0.1) is 12.1 Å². The van der Waals surface area contributed by atoms with Gasteiger partial charge in [-0.2, -0.15) is 0 Å². The van der Waals surface area contributed by atoms with Gasteiger partial charge in [0.1, 0.15) is 11.6 Å². The van der Waals surface area contributed by atoms with Gasteiger partial charge in [-0.05, 0) is 43.7 Å². The number of benzene rings is 2. The van der Waals surface area contributed by atoms with Crippen molar-refractivity contribution in [1.29, 1.82) is 0 Å². The molecular formula is C17H19ClFNO. The van der Waals surface area contributed by atoms with E-state index in [9.17, 15) is 4.39 Å². The van der Waals surface area contributed by atoms with Crippen molar-refractivity contribution in [2.45, 2.75) is 19.4 Å². The predicted molar refractivity (Wildman–Crippen MR) is 84.6 cm³/mol. The zero-order valence-electron chi connectivity index (χ0n) is 12.4. The van der Waals surface area contributed by atoms with Crippen LogP contribution in [0.25, 0.3) is 0 Å². The van der Waals surface area contributed by atoms with Crippen molar-refractivity contribution >= 4 is 11.6 Å². The Morgan fingerprint density at radius 3 is 2.71 bits per heavy atom. The lowest BCUT2D eigenvalue weighted by Crippen LogP contribution is -2.20. The standard InChI is InChI=1S/C17H19ClFNO/c1-11-7-8-13(16(9-11)21-3)15(20-2)10-12-5-4-6-14(19)17(12)18/h4-9,15,20H,10H2,1-3H3. The number of likely N-dealkylation sites (N-methyl/N-ethyl adjacent to an activating group) is 1. The van der Waals surface area contributed by atoms with Crippen molar-refractivity contribution in [3.05, 3.63) is 63.9 Å². The highest BCUT2D eigenvalue weighted by Crippen LogP contribution is 2.31. The lowest BCUT2D eigenvalue weighted by molar-refractivity contribution is 0.401. The van der Waals surface area contributed by atoms with Crippen molar-refractivity contribution in [3.63, 3.8) is 0 Å². The molecule has 2 nitrogen and oxygen atoms in total. The Balaban J connectivity index is 2.34. The molecule has 0 heterocycles. The van der Waals surface area contributed by atoms with Gasteiger partial charge >= 0.3 is 0 Å². The Morgan fingerprint density at radius 2 is 2.05 bits per heavy atom. The summed E-state index contributed by atoms with van der Waals surface area (Å²) in [6.07, 6.45) is 0.590. The molecule has 0 aromatic heterocycles. The number of ether oxygens (including phenoxy) is 1. The first-order chi connectivity index (χ1) is 10.1. The van der Waals surface area contributed by atoms with Gasteiger partial charge in [0.25, 0.3) is 0 Å². The SMILES string of the molecule is CNC(Cc1cccc(F)c1Cl)c1ccc(C)cc1OC. The van der Waals surface area contributed by atoms with E-state index in [-0.39, 0.29) is 16.9 Å². The average Bonchev–Trinajstić information content (AvgIpc) is 2.49. The summed E-state index contributed by atoms with van der Waals surface area (Å²) in [6.45, 7) is 2.02. The molecule has 0 aliphatic carbocycles. The molecule has 0 spiro atoms. The molecule has 1 N–H and O–H groups in total. The smallest absolute Gasteiger partial charge is 0.142 e. The predicted octanol–water partition coefficient (Wildman–Crippen LogP) is 4.30. The Morgan fingerprint density at radius 1 is 1.29 bits per heavy atom. The number of hydrogen-bond donors (Lipinski definition) is 1. The molecule has 1 atom stereocenters. The van der Waals surface area contributed by atoms with Crippen molar-refractivity contribution in [3.8, 4) is 5.75 Å². The average molecular weight is 308 g/mol. The van der Waals surface area contributed by atoms with Crippen LogP contribution in [0.4, 0.5) is 4.39 Å². The van der Waals surface area contributed by atoms with E-state index >= 15 is 0 Å². The van der Waals surface area contributed by atoms with Crippen molar-refractivity contribution in [2.24, 2.45) is 0 Å². The Hall–Kier alpha value is -1.58. The number of rotatable bonds is 5. The van der Waals surface area contributed by atoms with Gasteiger partial charge in [0.2, 0.25) is 0 Å². The molecule has 0 radical (unpaired) electrons. The summed E-state index contributed by atoms with van der Waals surface area (Å²) in [5, 5.41) is 3.43. The number of halogens is 2. The van der Waals surface area contributed by atoms with Gasteiger partial charge in [0.15, 0.2) is 0 Å². The second-order valence-corrected chi connectivity index (χ2v) is 5.38. The van der Waals surface area contributed by atoms with Gasteiger partial charge in [-0.25, -0.2) is 4.39 Å². The quantitative estimate of drug-likeness (QED) is 0.889. The van der Waals surface area contributed by atoms with Crippen LogP contribution in [-0.4, -0.2) is 14.2 Å². The van der Waals surface area contributed by atoms with E-state index in [4.69, 9.17) is 16.3 Å². The Labute approximate surface area is 129 Å². The van der Waals surface area contributed by atoms with Crippen LogP contribution in [-0.2, 0) is 6.42 Å². The zero-order chi connectivity index (χ0) is 15.4. The number of nitrogens with one attached hydrogen (secondary N) is 1. The summed E-state index contributed by atoms with van der Waals surface area (Å²) in [5.74, 6) is 0.432. The number of methoxy groups -OCH3 is 1. The van der Waals surface area contributed by atoms with E-state index < -0.39 is 0 Å². The molecule has 0 amide bonds. The van der Waals surface area contributed by atoms with Crippen LogP contribution in [0.5, 0.6) is 5.75 Å². The van der Waals surface area contributed by atoms with Crippen LogP contribution in [0.3, 0.4) is 0 Å². The molecule has 4 heteroatoms. The van der Waals surface area contributed by atoms with Gasteiger partial charge in [-0.15, -0.1) is 0 Å². The summed E-state index contributed by atoms with van der Waals surface area (Å²) in [7, 11) is 3.53. The first-order valence-corrected chi connectivity index (χ1v) is 7.19. The molecule has 0 saturated heterocycles. The highest BCUT2D eigenvalue weighted by molar-refractivity contribution is 6.31. The summed E-state index contributed by atoms with van der Waals surface area (Å²) < 4.78 is 19.0. The minimum Gasteiger partial charge on any atom is -0.496 e. The molecule has 0 fully saturated rings. The summed E-state index contributed by atoms with van der Waals surface area (Å²) in [4.78, 5) is 0. The summed E-state index contributed by atoms with van der Waals surface area (Å²) in [6, 6.07) is 10.9. The van der Waals surface area contributed by atoms with Crippen LogP contribution < -0.4 is 10.1 Å². The fraction of sp³-hybridized carbons (Fsp3) is 0.294. The van der Waals surface area contributed by atoms with E-state index in [1.807, 2.05) is 38.2 Å². The molecule has 0 bridgehead atoms. The molecular weight excluding hydrogens is 289 g/mol. The maximum Gasteiger partial charge on any atom is 0.142 e. The van der Waals surface area contributed by atoms with Gasteiger partial charge in [0, 0.05) is 11.6 Å². The minimum atomic E-state index is -0.389. The third-order valence-electron chi connectivity index (χ3n) is 3.57. The highest BCUT2D eigenvalue weighted by Gasteiger charge is 2.17. The van der Waals surface area contributed by atoms with E-state index in [0.717, 1.165) is 22.4 Å². The molecule has 2 aromatic carbocycles. The second kappa shape index (κ2) is 6.92. The first kappa shape index (κ1) is 15.8. The van der Waals surface area contributed by atoms with E-state index in [1.165, 1.54) is 6.07 Å². The van der Waals surface area contributed by atoms with Gasteiger partial charge in [-0.3, -0.25) is 0 Å². The van der Waals surface area contributed by atoms with Gasteiger partial charge < -0.3 is 10.1 Å². The lowest BCUT2D eigenvalue weighted by Gasteiger charge is -2.20. The van der Waals surface area contributed by atoms with E-state index in [1.54, 1.807) is 13.2 Å². The van der Waals surface area contributed by atoms with Crippen molar-refractivity contribution in [2.75, 3.05) is 14.2 Å². The third kappa shape index (κ3) is 3.55. The zero-order valence-corrected chi connectivity index (χ0v) is 13.2. The Kier molecular flexibility index (Phi) is 5.21. The molecule has 2 aromatic rings. The largest absolute Gasteiger partial charge is 0.496 e. The lowest BCUT2D eigenvalue weighted by atomic mass is 9.97. The van der Waals surface area contributed by atoms with Crippen LogP contribution in [0.2, 0.25) is 5.02 Å². The maximum absolute atomic E-state index is 13.6.